The molecule has 0 saturated heterocycles. The molecule has 0 saturated carbocycles. The van der Waals surface area contributed by atoms with E-state index in [-0.39, 0.29) is 0 Å². The fourth-order valence-corrected chi connectivity index (χ4v) is 2.07. The fraction of sp³-hybridized carbons (Fsp3) is 0.600. The van der Waals surface area contributed by atoms with E-state index in [2.05, 4.69) is 30.9 Å². The molecule has 3 nitrogen and oxygen atoms in total. The normalized spacial score (nSPS) is 11.4. The van der Waals surface area contributed by atoms with E-state index in [9.17, 15) is 0 Å². The van der Waals surface area contributed by atoms with E-state index in [0.717, 1.165) is 38.2 Å². The molecule has 1 aromatic rings. The zero-order chi connectivity index (χ0) is 13.4. The Bertz CT molecular complexity index is 339. The first kappa shape index (κ1) is 15.0. The molecule has 0 heterocycles. The van der Waals surface area contributed by atoms with Crippen LogP contribution in [-0.4, -0.2) is 37.7 Å². The lowest BCUT2D eigenvalue weighted by Crippen LogP contribution is -2.34. The van der Waals surface area contributed by atoms with Crippen LogP contribution in [0.3, 0.4) is 0 Å². The summed E-state index contributed by atoms with van der Waals surface area (Å²) in [5.74, 6) is 0. The Labute approximate surface area is 111 Å². The van der Waals surface area contributed by atoms with Crippen molar-refractivity contribution in [2.24, 2.45) is 0 Å². The number of rotatable bonds is 8. The summed E-state index contributed by atoms with van der Waals surface area (Å²) in [6, 6.07) is 8.69. The summed E-state index contributed by atoms with van der Waals surface area (Å²) in [4.78, 5) is 2.45. The Balaban J connectivity index is 2.36. The van der Waals surface area contributed by atoms with Crippen LogP contribution >= 0.6 is 0 Å². The summed E-state index contributed by atoms with van der Waals surface area (Å²) in [7, 11) is 1.75. The lowest BCUT2D eigenvalue weighted by molar-refractivity contribution is 0.129. The van der Waals surface area contributed by atoms with Gasteiger partial charge in [0.05, 0.1) is 6.61 Å². The Hall–Kier alpha value is -1.06. The highest BCUT2D eigenvalue weighted by Gasteiger charge is 2.08. The number of nitrogens with two attached hydrogens (primary N) is 1. The molecule has 0 aliphatic heterocycles. The van der Waals surface area contributed by atoms with Gasteiger partial charge in [0.1, 0.15) is 0 Å². The lowest BCUT2D eigenvalue weighted by atomic mass is 10.1. The molecule has 1 aromatic carbocycles. The highest BCUT2D eigenvalue weighted by molar-refractivity contribution is 5.46. The van der Waals surface area contributed by atoms with Crippen LogP contribution in [0.25, 0.3) is 0 Å². The molecule has 2 N–H and O–H groups in total. The molecule has 0 spiro atoms. The van der Waals surface area contributed by atoms with Crippen molar-refractivity contribution in [3.05, 3.63) is 29.8 Å². The van der Waals surface area contributed by atoms with Gasteiger partial charge in [-0.25, -0.2) is 0 Å². The topological polar surface area (TPSA) is 38.5 Å². The predicted molar refractivity (Wildman–Crippen MR) is 77.8 cm³/mol. The van der Waals surface area contributed by atoms with Crippen molar-refractivity contribution in [3.63, 3.8) is 0 Å². The third-order valence-corrected chi connectivity index (χ3v) is 3.26. The minimum absolute atomic E-state index is 0.563. The summed E-state index contributed by atoms with van der Waals surface area (Å²) in [6.07, 6.45) is 2.18. The average molecular weight is 250 g/mol. The van der Waals surface area contributed by atoms with Crippen LogP contribution in [0.5, 0.6) is 0 Å². The summed E-state index contributed by atoms with van der Waals surface area (Å²) >= 11 is 0. The molecule has 3 heteroatoms. The average Bonchev–Trinajstić information content (AvgIpc) is 2.35. The number of methoxy groups -OCH3 is 1. The second-order valence-electron chi connectivity index (χ2n) is 4.92. The van der Waals surface area contributed by atoms with Gasteiger partial charge in [0.25, 0.3) is 0 Å². The number of para-hydroxylation sites is 1. The maximum Gasteiger partial charge on any atom is 0.0589 e. The number of hydrogen-bond donors (Lipinski definition) is 1. The highest BCUT2D eigenvalue weighted by Crippen LogP contribution is 2.13. The minimum Gasteiger partial charge on any atom is -0.399 e. The van der Waals surface area contributed by atoms with E-state index in [1.807, 2.05) is 12.1 Å². The van der Waals surface area contributed by atoms with Gasteiger partial charge >= 0.3 is 0 Å². The summed E-state index contributed by atoms with van der Waals surface area (Å²) in [5.41, 5.74) is 8.11. The molecule has 1 rings (SSSR count). The van der Waals surface area contributed by atoms with Gasteiger partial charge < -0.3 is 10.5 Å². The van der Waals surface area contributed by atoms with Crippen LogP contribution in [0.4, 0.5) is 5.69 Å². The van der Waals surface area contributed by atoms with Gasteiger partial charge in [0, 0.05) is 25.4 Å². The zero-order valence-corrected chi connectivity index (χ0v) is 11.9. The first-order chi connectivity index (χ1) is 8.65. The molecule has 0 amide bonds. The van der Waals surface area contributed by atoms with Crippen molar-refractivity contribution < 1.29 is 4.74 Å². The molecule has 0 radical (unpaired) electrons. The van der Waals surface area contributed by atoms with Crippen molar-refractivity contribution in [1.82, 2.24) is 4.90 Å². The Morgan fingerprint density at radius 1 is 1.22 bits per heavy atom. The van der Waals surface area contributed by atoms with Gasteiger partial charge in [-0.15, -0.1) is 0 Å². The third-order valence-electron chi connectivity index (χ3n) is 3.26. The largest absolute Gasteiger partial charge is 0.399 e. The van der Waals surface area contributed by atoms with Gasteiger partial charge in [-0.3, -0.25) is 4.90 Å². The molecule has 0 unspecified atom stereocenters. The number of nitrogen functional groups attached to an aromatic ring is 1. The lowest BCUT2D eigenvalue weighted by Gasteiger charge is -2.26. The maximum absolute atomic E-state index is 5.94. The molecule has 0 bridgehead atoms. The number of hydrogen-bond acceptors (Lipinski definition) is 3. The summed E-state index contributed by atoms with van der Waals surface area (Å²) < 4.78 is 5.14. The minimum atomic E-state index is 0.563. The van der Waals surface area contributed by atoms with Crippen molar-refractivity contribution >= 4 is 5.69 Å². The van der Waals surface area contributed by atoms with Crippen LogP contribution in [0.15, 0.2) is 24.3 Å². The summed E-state index contributed by atoms with van der Waals surface area (Å²) in [5, 5.41) is 0. The number of anilines is 1. The van der Waals surface area contributed by atoms with Crippen LogP contribution in [-0.2, 0) is 11.2 Å². The van der Waals surface area contributed by atoms with Gasteiger partial charge in [-0.1, -0.05) is 18.2 Å². The zero-order valence-electron chi connectivity index (χ0n) is 11.9. The van der Waals surface area contributed by atoms with Gasteiger partial charge in [0.15, 0.2) is 0 Å². The molecule has 0 aliphatic carbocycles. The Morgan fingerprint density at radius 3 is 2.56 bits per heavy atom. The standard InChI is InChI=1S/C15H26N2O/c1-13(2)17(11-12-18-3)10-6-8-14-7-4-5-9-15(14)16/h4-5,7,9,13H,6,8,10-12,16H2,1-3H3. The van der Waals surface area contributed by atoms with Crippen LogP contribution < -0.4 is 5.73 Å². The molecule has 102 valence electrons. The molecular formula is C15H26N2O. The number of ether oxygens (including phenoxy) is 1. The number of benzene rings is 1. The van der Waals surface area contributed by atoms with E-state index in [0.29, 0.717) is 6.04 Å². The van der Waals surface area contributed by atoms with Gasteiger partial charge in [-0.2, -0.15) is 0 Å². The number of nitrogens with zero attached hydrogens (tertiary/aromatic N) is 1. The van der Waals surface area contributed by atoms with E-state index in [4.69, 9.17) is 10.5 Å². The van der Waals surface area contributed by atoms with Crippen LogP contribution in [0.1, 0.15) is 25.8 Å². The quantitative estimate of drug-likeness (QED) is 0.721. The Kier molecular flexibility index (Phi) is 6.76. The highest BCUT2D eigenvalue weighted by atomic mass is 16.5. The first-order valence-electron chi connectivity index (χ1n) is 6.71. The Morgan fingerprint density at radius 2 is 1.94 bits per heavy atom. The molecule has 0 aliphatic rings. The summed E-state index contributed by atoms with van der Waals surface area (Å²) in [6.45, 7) is 7.35. The van der Waals surface area contributed by atoms with Crippen LogP contribution in [0.2, 0.25) is 0 Å². The molecule has 0 atom stereocenters. The fourth-order valence-electron chi connectivity index (χ4n) is 2.07. The molecule has 0 fully saturated rings. The first-order valence-corrected chi connectivity index (χ1v) is 6.71. The molecule has 18 heavy (non-hydrogen) atoms. The van der Waals surface area contributed by atoms with Gasteiger partial charge in [-0.05, 0) is 44.9 Å². The number of aryl methyl sites for hydroxylation is 1. The maximum atomic E-state index is 5.94. The van der Waals surface area contributed by atoms with Gasteiger partial charge in [0.2, 0.25) is 0 Å². The smallest absolute Gasteiger partial charge is 0.0589 e. The monoisotopic (exact) mass is 250 g/mol. The third kappa shape index (κ3) is 5.07. The molecular weight excluding hydrogens is 224 g/mol. The second-order valence-corrected chi connectivity index (χ2v) is 4.92. The van der Waals surface area contributed by atoms with Crippen molar-refractivity contribution in [2.75, 3.05) is 32.5 Å². The van der Waals surface area contributed by atoms with E-state index >= 15 is 0 Å². The van der Waals surface area contributed by atoms with E-state index in [1.165, 1.54) is 5.56 Å². The SMILES string of the molecule is COCCN(CCCc1ccccc1N)C(C)C. The molecule has 0 aromatic heterocycles. The van der Waals surface area contributed by atoms with E-state index in [1.54, 1.807) is 7.11 Å². The van der Waals surface area contributed by atoms with Crippen molar-refractivity contribution in [3.8, 4) is 0 Å². The van der Waals surface area contributed by atoms with E-state index < -0.39 is 0 Å². The van der Waals surface area contributed by atoms with Crippen molar-refractivity contribution in [1.29, 1.82) is 0 Å². The van der Waals surface area contributed by atoms with Crippen molar-refractivity contribution in [2.45, 2.75) is 32.7 Å². The predicted octanol–water partition coefficient (Wildman–Crippen LogP) is 2.56. The van der Waals surface area contributed by atoms with Crippen LogP contribution in [0, 0.1) is 0 Å². The second kappa shape index (κ2) is 8.11.